The van der Waals surface area contributed by atoms with Crippen LogP contribution in [-0.2, 0) is 0 Å². The summed E-state index contributed by atoms with van der Waals surface area (Å²) in [4.78, 5) is 22.1. The second-order valence-electron chi connectivity index (χ2n) is 7.24. The molecule has 1 aromatic heterocycles. The van der Waals surface area contributed by atoms with Crippen molar-refractivity contribution in [3.05, 3.63) is 52.7 Å². The molecule has 1 aromatic carbocycles. The number of thioether (sulfide) groups is 1. The zero-order valence-corrected chi connectivity index (χ0v) is 17.6. The summed E-state index contributed by atoms with van der Waals surface area (Å²) in [5.74, 6) is 1.28. The van der Waals surface area contributed by atoms with E-state index in [0.29, 0.717) is 0 Å². The second kappa shape index (κ2) is 8.89. The summed E-state index contributed by atoms with van der Waals surface area (Å²) in [6.07, 6.45) is 2.14. The number of nitrogens with zero attached hydrogens (tertiary/aromatic N) is 3. The van der Waals surface area contributed by atoms with Crippen molar-refractivity contribution in [1.29, 1.82) is 0 Å². The molecule has 0 aliphatic carbocycles. The Morgan fingerprint density at radius 2 is 1.85 bits per heavy atom. The number of benzene rings is 1. The number of hydrogen-bond donors (Lipinski definition) is 0. The molecule has 1 aliphatic rings. The van der Waals surface area contributed by atoms with Gasteiger partial charge in [0, 0.05) is 55.3 Å². The van der Waals surface area contributed by atoms with Gasteiger partial charge in [0.15, 0.2) is 0 Å². The standard InChI is InChI=1S/C22H29N3OS/c1-16-14-21(23-18(3)17(16)2)19-6-5-7-20(15-19)22(26)25-10-8-24(9-11-25)12-13-27-4/h5-7,14-15H,8-13H2,1-4H3. The van der Waals surface area contributed by atoms with Crippen molar-refractivity contribution in [2.24, 2.45) is 0 Å². The molecule has 3 rings (SSSR count). The molecule has 1 amide bonds. The van der Waals surface area contributed by atoms with Gasteiger partial charge in [-0.2, -0.15) is 11.8 Å². The molecule has 5 heteroatoms. The fraction of sp³-hybridized carbons (Fsp3) is 0.455. The van der Waals surface area contributed by atoms with Crippen molar-refractivity contribution in [1.82, 2.24) is 14.8 Å². The Bertz CT molecular complexity index is 790. The van der Waals surface area contributed by atoms with Gasteiger partial charge < -0.3 is 4.90 Å². The molecule has 1 saturated heterocycles. The van der Waals surface area contributed by atoms with Crippen molar-refractivity contribution < 1.29 is 4.79 Å². The number of pyridine rings is 1. The average Bonchev–Trinajstić information content (AvgIpc) is 2.70. The Morgan fingerprint density at radius 1 is 1.11 bits per heavy atom. The van der Waals surface area contributed by atoms with Gasteiger partial charge in [0.25, 0.3) is 5.91 Å². The van der Waals surface area contributed by atoms with Crippen LogP contribution in [-0.4, -0.2) is 65.4 Å². The Morgan fingerprint density at radius 3 is 2.52 bits per heavy atom. The topological polar surface area (TPSA) is 36.4 Å². The van der Waals surface area contributed by atoms with Gasteiger partial charge in [0.1, 0.15) is 0 Å². The van der Waals surface area contributed by atoms with Gasteiger partial charge in [0.2, 0.25) is 0 Å². The highest BCUT2D eigenvalue weighted by molar-refractivity contribution is 7.98. The Hall–Kier alpha value is -1.85. The second-order valence-corrected chi connectivity index (χ2v) is 8.23. The molecule has 4 nitrogen and oxygen atoms in total. The number of hydrogen-bond acceptors (Lipinski definition) is 4. The van der Waals surface area contributed by atoms with E-state index in [0.717, 1.165) is 61.0 Å². The number of carbonyl (C=O) groups is 1. The van der Waals surface area contributed by atoms with Gasteiger partial charge in [-0.05, 0) is 56.4 Å². The molecule has 144 valence electrons. The van der Waals surface area contributed by atoms with Crippen LogP contribution in [0.15, 0.2) is 30.3 Å². The first-order valence-corrected chi connectivity index (χ1v) is 10.9. The Labute approximate surface area is 167 Å². The van der Waals surface area contributed by atoms with Gasteiger partial charge in [-0.1, -0.05) is 12.1 Å². The van der Waals surface area contributed by atoms with Gasteiger partial charge in [-0.25, -0.2) is 0 Å². The smallest absolute Gasteiger partial charge is 0.253 e. The summed E-state index contributed by atoms with van der Waals surface area (Å²) in [6, 6.07) is 10.0. The predicted molar refractivity (Wildman–Crippen MR) is 115 cm³/mol. The van der Waals surface area contributed by atoms with E-state index in [1.54, 1.807) is 0 Å². The maximum atomic E-state index is 13.0. The molecule has 0 radical (unpaired) electrons. The van der Waals surface area contributed by atoms with Crippen LogP contribution in [0.4, 0.5) is 0 Å². The minimum Gasteiger partial charge on any atom is -0.336 e. The van der Waals surface area contributed by atoms with E-state index < -0.39 is 0 Å². The fourth-order valence-electron chi connectivity index (χ4n) is 3.43. The number of amides is 1. The fourth-order valence-corrected chi connectivity index (χ4v) is 3.87. The van der Waals surface area contributed by atoms with E-state index in [1.807, 2.05) is 47.9 Å². The van der Waals surface area contributed by atoms with Crippen LogP contribution in [0, 0.1) is 20.8 Å². The third kappa shape index (κ3) is 4.71. The molecule has 2 heterocycles. The summed E-state index contributed by atoms with van der Waals surface area (Å²) in [5, 5.41) is 0. The van der Waals surface area contributed by atoms with Crippen molar-refractivity contribution in [2.45, 2.75) is 20.8 Å². The SMILES string of the molecule is CSCCN1CCN(C(=O)c2cccc(-c3cc(C)c(C)c(C)n3)c2)CC1. The van der Waals surface area contributed by atoms with E-state index in [4.69, 9.17) is 4.98 Å². The van der Waals surface area contributed by atoms with E-state index in [1.165, 1.54) is 11.1 Å². The first-order chi connectivity index (χ1) is 13.0. The summed E-state index contributed by atoms with van der Waals surface area (Å²) < 4.78 is 0. The van der Waals surface area contributed by atoms with Crippen LogP contribution in [0.5, 0.6) is 0 Å². The molecular formula is C22H29N3OS. The minimum absolute atomic E-state index is 0.127. The summed E-state index contributed by atoms with van der Waals surface area (Å²) in [7, 11) is 0. The molecule has 1 fully saturated rings. The molecule has 0 saturated carbocycles. The van der Waals surface area contributed by atoms with Crippen LogP contribution in [0.1, 0.15) is 27.2 Å². The summed E-state index contributed by atoms with van der Waals surface area (Å²) in [5.41, 5.74) is 6.20. The monoisotopic (exact) mass is 383 g/mol. The number of piperazine rings is 1. The summed E-state index contributed by atoms with van der Waals surface area (Å²) in [6.45, 7) is 10.9. The maximum Gasteiger partial charge on any atom is 0.253 e. The van der Waals surface area contributed by atoms with E-state index in [-0.39, 0.29) is 5.91 Å². The number of aryl methyl sites for hydroxylation is 2. The highest BCUT2D eigenvalue weighted by Gasteiger charge is 2.22. The molecule has 0 atom stereocenters. The van der Waals surface area contributed by atoms with Crippen LogP contribution in [0.3, 0.4) is 0 Å². The van der Waals surface area contributed by atoms with Gasteiger partial charge in [-0.15, -0.1) is 0 Å². The lowest BCUT2D eigenvalue weighted by Gasteiger charge is -2.34. The average molecular weight is 384 g/mol. The molecule has 0 N–H and O–H groups in total. The van der Waals surface area contributed by atoms with Gasteiger partial charge in [-0.3, -0.25) is 14.7 Å². The number of aromatic nitrogens is 1. The zero-order chi connectivity index (χ0) is 19.4. The highest BCUT2D eigenvalue weighted by Crippen LogP contribution is 2.23. The quantitative estimate of drug-likeness (QED) is 0.787. The summed E-state index contributed by atoms with van der Waals surface area (Å²) >= 11 is 1.87. The van der Waals surface area contributed by atoms with E-state index in [2.05, 4.69) is 31.1 Å². The van der Waals surface area contributed by atoms with Crippen molar-refractivity contribution >= 4 is 17.7 Å². The maximum absolute atomic E-state index is 13.0. The number of rotatable bonds is 5. The van der Waals surface area contributed by atoms with Crippen LogP contribution >= 0.6 is 11.8 Å². The van der Waals surface area contributed by atoms with E-state index in [9.17, 15) is 4.79 Å². The lowest BCUT2D eigenvalue weighted by Crippen LogP contribution is -2.49. The van der Waals surface area contributed by atoms with Crippen molar-refractivity contribution in [3.8, 4) is 11.3 Å². The molecule has 27 heavy (non-hydrogen) atoms. The Balaban J connectivity index is 1.73. The van der Waals surface area contributed by atoms with Crippen molar-refractivity contribution in [2.75, 3.05) is 44.7 Å². The largest absolute Gasteiger partial charge is 0.336 e. The van der Waals surface area contributed by atoms with E-state index >= 15 is 0 Å². The molecule has 2 aromatic rings. The molecule has 0 bridgehead atoms. The van der Waals surface area contributed by atoms with Gasteiger partial charge in [0.05, 0.1) is 5.69 Å². The first-order valence-electron chi connectivity index (χ1n) is 9.55. The number of carbonyl (C=O) groups excluding carboxylic acids is 1. The lowest BCUT2D eigenvalue weighted by atomic mass is 10.0. The first kappa shape index (κ1) is 19.9. The molecular weight excluding hydrogens is 354 g/mol. The van der Waals surface area contributed by atoms with Crippen LogP contribution in [0.2, 0.25) is 0 Å². The zero-order valence-electron chi connectivity index (χ0n) is 16.8. The van der Waals surface area contributed by atoms with Crippen LogP contribution in [0.25, 0.3) is 11.3 Å². The minimum atomic E-state index is 0.127. The normalized spacial score (nSPS) is 15.2. The highest BCUT2D eigenvalue weighted by atomic mass is 32.2. The molecule has 0 unspecified atom stereocenters. The lowest BCUT2D eigenvalue weighted by molar-refractivity contribution is 0.0644. The van der Waals surface area contributed by atoms with Crippen LogP contribution < -0.4 is 0 Å². The van der Waals surface area contributed by atoms with Gasteiger partial charge >= 0.3 is 0 Å². The van der Waals surface area contributed by atoms with Crippen molar-refractivity contribution in [3.63, 3.8) is 0 Å². The predicted octanol–water partition coefficient (Wildman–Crippen LogP) is 3.79. The third-order valence-electron chi connectivity index (χ3n) is 5.45. The molecule has 1 aliphatic heterocycles. The Kier molecular flexibility index (Phi) is 6.55. The third-order valence-corrected chi connectivity index (χ3v) is 6.04. The molecule has 0 spiro atoms.